The average Bonchev–Trinajstić information content (AvgIpc) is 3.17. The van der Waals surface area contributed by atoms with Gasteiger partial charge >= 0.3 is 0 Å². The quantitative estimate of drug-likeness (QED) is 0.351. The van der Waals surface area contributed by atoms with Crippen LogP contribution in [0.1, 0.15) is 12.0 Å². The fraction of sp³-hybridized carbons (Fsp3) is 0.0741. The molecule has 1 aliphatic heterocycles. The summed E-state index contributed by atoms with van der Waals surface area (Å²) in [7, 11) is -3.07. The van der Waals surface area contributed by atoms with Crippen LogP contribution in [0.4, 0.5) is 14.5 Å². The number of benzene rings is 2. The third kappa shape index (κ3) is 4.96. The lowest BCUT2D eigenvalue weighted by Crippen LogP contribution is -2.15. The third-order valence-corrected chi connectivity index (χ3v) is 7.11. The van der Waals surface area contributed by atoms with Crippen molar-refractivity contribution in [3.05, 3.63) is 96.5 Å². The molecule has 0 fully saturated rings. The van der Waals surface area contributed by atoms with E-state index >= 15 is 0 Å². The van der Waals surface area contributed by atoms with Crippen LogP contribution < -0.4 is 9.46 Å². The molecular weight excluding hydrogens is 498 g/mol. The predicted molar refractivity (Wildman–Crippen MR) is 139 cm³/mol. The summed E-state index contributed by atoms with van der Waals surface area (Å²) in [6, 6.07) is 11.3. The van der Waals surface area contributed by atoms with Crippen LogP contribution >= 0.6 is 0 Å². The van der Waals surface area contributed by atoms with E-state index in [1.165, 1.54) is 13.2 Å². The Labute approximate surface area is 211 Å². The first kappa shape index (κ1) is 24.3. The fourth-order valence-corrected chi connectivity index (χ4v) is 5.08. The van der Waals surface area contributed by atoms with Gasteiger partial charge in [-0.1, -0.05) is 18.2 Å². The van der Waals surface area contributed by atoms with Gasteiger partial charge in [-0.3, -0.25) is 14.7 Å². The summed E-state index contributed by atoms with van der Waals surface area (Å²) in [5.74, 6) is -2.11. The molecule has 0 unspecified atom stereocenters. The summed E-state index contributed by atoms with van der Waals surface area (Å²) in [5.41, 5.74) is 3.97. The smallest absolute Gasteiger partial charge is 0.264 e. The molecule has 0 amide bonds. The summed E-state index contributed by atoms with van der Waals surface area (Å²) in [5, 5.41) is 0.874. The summed E-state index contributed by atoms with van der Waals surface area (Å²) in [6.07, 6.45) is 11.7. The highest BCUT2D eigenvalue weighted by Crippen LogP contribution is 2.33. The molecule has 10 heteroatoms. The van der Waals surface area contributed by atoms with Gasteiger partial charge in [0.15, 0.2) is 0 Å². The molecule has 7 nitrogen and oxygen atoms in total. The Hall–Kier alpha value is -4.44. The molecule has 0 radical (unpaired) electrons. The third-order valence-electron chi connectivity index (χ3n) is 5.72. The van der Waals surface area contributed by atoms with E-state index in [1.54, 1.807) is 18.6 Å². The lowest BCUT2D eigenvalue weighted by atomic mass is 9.98. The van der Waals surface area contributed by atoms with Crippen molar-refractivity contribution in [3.8, 4) is 17.0 Å². The second kappa shape index (κ2) is 9.90. The van der Waals surface area contributed by atoms with E-state index in [0.717, 1.165) is 46.2 Å². The first-order chi connectivity index (χ1) is 17.9. The van der Waals surface area contributed by atoms with Crippen molar-refractivity contribution in [2.45, 2.75) is 11.3 Å². The Balaban J connectivity index is 1.57. The largest absolute Gasteiger partial charge is 0.480 e. The summed E-state index contributed by atoms with van der Waals surface area (Å²) < 4.78 is 60.8. The molecule has 186 valence electrons. The fourth-order valence-electron chi connectivity index (χ4n) is 3.97. The SMILES string of the molecule is COc1ncc(-c2ccc3nccc(C4=CN=CCC=C4)c3c2)cc1NS(=O)(=O)c1ccc(F)cc1F. The van der Waals surface area contributed by atoms with Gasteiger partial charge in [0.1, 0.15) is 22.2 Å². The lowest BCUT2D eigenvalue weighted by molar-refractivity contribution is 0.400. The Morgan fingerprint density at radius 3 is 2.68 bits per heavy atom. The number of methoxy groups -OCH3 is 1. The number of hydrogen-bond donors (Lipinski definition) is 1. The summed E-state index contributed by atoms with van der Waals surface area (Å²) in [6.45, 7) is 0. The number of aromatic nitrogens is 2. The molecule has 2 aromatic heterocycles. The van der Waals surface area contributed by atoms with Crippen LogP contribution in [0.5, 0.6) is 5.88 Å². The maximum absolute atomic E-state index is 14.2. The normalized spacial score (nSPS) is 13.3. The van der Waals surface area contributed by atoms with Crippen LogP contribution in [0, 0.1) is 11.6 Å². The highest BCUT2D eigenvalue weighted by Gasteiger charge is 2.22. The monoisotopic (exact) mass is 518 g/mol. The van der Waals surface area contributed by atoms with Crippen LogP contribution in [0.2, 0.25) is 0 Å². The number of allylic oxidation sites excluding steroid dienone is 3. The van der Waals surface area contributed by atoms with Gasteiger partial charge in [0.05, 0.1) is 12.6 Å². The Kier molecular flexibility index (Phi) is 6.49. The number of nitrogens with one attached hydrogen (secondary N) is 1. The van der Waals surface area contributed by atoms with E-state index in [-0.39, 0.29) is 11.6 Å². The highest BCUT2D eigenvalue weighted by atomic mass is 32.2. The molecule has 0 saturated heterocycles. The van der Waals surface area contributed by atoms with Gasteiger partial charge in [0.25, 0.3) is 10.0 Å². The number of ether oxygens (including phenoxy) is 1. The Bertz CT molecular complexity index is 1720. The van der Waals surface area contributed by atoms with Gasteiger partial charge in [0, 0.05) is 53.8 Å². The highest BCUT2D eigenvalue weighted by molar-refractivity contribution is 7.92. The van der Waals surface area contributed by atoms with E-state index < -0.39 is 26.6 Å². The molecule has 5 rings (SSSR count). The molecular formula is C27H20F2N4O3S. The molecule has 0 saturated carbocycles. The van der Waals surface area contributed by atoms with Crippen molar-refractivity contribution < 1.29 is 21.9 Å². The van der Waals surface area contributed by atoms with Crippen molar-refractivity contribution in [3.63, 3.8) is 0 Å². The van der Waals surface area contributed by atoms with E-state index in [4.69, 9.17) is 4.74 Å². The average molecular weight is 519 g/mol. The molecule has 0 bridgehead atoms. The molecule has 1 aliphatic rings. The molecule has 0 atom stereocenters. The zero-order valence-corrected chi connectivity index (χ0v) is 20.3. The number of rotatable bonds is 6. The van der Waals surface area contributed by atoms with Crippen LogP contribution in [-0.2, 0) is 10.0 Å². The lowest BCUT2D eigenvalue weighted by Gasteiger charge is -2.14. The van der Waals surface area contributed by atoms with Crippen molar-refractivity contribution >= 4 is 38.4 Å². The van der Waals surface area contributed by atoms with Crippen molar-refractivity contribution in [1.82, 2.24) is 9.97 Å². The standard InChI is InChI=1S/C27H20F2N4O3S/c1-36-27-25(33-37(34,35)26-8-6-20(28)14-23(26)29)13-19(16-32-27)17-5-7-24-22(12-17)21(9-11-31-24)18-4-2-3-10-30-15-18/h2,4-16,33H,3H2,1H3. The molecule has 4 aromatic rings. The minimum Gasteiger partial charge on any atom is -0.480 e. The van der Waals surface area contributed by atoms with Crippen LogP contribution in [0.3, 0.4) is 0 Å². The molecule has 3 heterocycles. The van der Waals surface area contributed by atoms with Gasteiger partial charge in [0.2, 0.25) is 5.88 Å². The number of hydrogen-bond acceptors (Lipinski definition) is 6. The predicted octanol–water partition coefficient (Wildman–Crippen LogP) is 5.76. The minimum absolute atomic E-state index is 0.000945. The zero-order valence-electron chi connectivity index (χ0n) is 19.5. The summed E-state index contributed by atoms with van der Waals surface area (Å²) >= 11 is 0. The van der Waals surface area contributed by atoms with Crippen molar-refractivity contribution in [2.75, 3.05) is 11.8 Å². The van der Waals surface area contributed by atoms with Crippen LogP contribution in [0.15, 0.2) is 89.2 Å². The van der Waals surface area contributed by atoms with Gasteiger partial charge < -0.3 is 4.74 Å². The molecule has 37 heavy (non-hydrogen) atoms. The van der Waals surface area contributed by atoms with Gasteiger partial charge in [-0.05, 0) is 47.5 Å². The van der Waals surface area contributed by atoms with Crippen LogP contribution in [-0.4, -0.2) is 31.7 Å². The van der Waals surface area contributed by atoms with Gasteiger partial charge in [-0.25, -0.2) is 22.2 Å². The zero-order chi connectivity index (χ0) is 26.0. The van der Waals surface area contributed by atoms with Crippen molar-refractivity contribution in [1.29, 1.82) is 0 Å². The van der Waals surface area contributed by atoms with E-state index in [2.05, 4.69) is 19.7 Å². The first-order valence-corrected chi connectivity index (χ1v) is 12.6. The molecule has 1 N–H and O–H groups in total. The second-order valence-electron chi connectivity index (χ2n) is 8.11. The van der Waals surface area contributed by atoms with Gasteiger partial charge in [-0.15, -0.1) is 0 Å². The Morgan fingerprint density at radius 2 is 1.86 bits per heavy atom. The van der Waals surface area contributed by atoms with E-state index in [0.29, 0.717) is 11.6 Å². The van der Waals surface area contributed by atoms with Crippen molar-refractivity contribution in [2.24, 2.45) is 4.99 Å². The van der Waals surface area contributed by atoms with E-state index in [1.807, 2.05) is 42.6 Å². The first-order valence-electron chi connectivity index (χ1n) is 11.2. The number of anilines is 1. The second-order valence-corrected chi connectivity index (χ2v) is 9.76. The maximum atomic E-state index is 14.2. The number of sulfonamides is 1. The number of fused-ring (bicyclic) bond motifs is 1. The molecule has 2 aromatic carbocycles. The maximum Gasteiger partial charge on any atom is 0.264 e. The Morgan fingerprint density at radius 1 is 1.00 bits per heavy atom. The van der Waals surface area contributed by atoms with E-state index in [9.17, 15) is 17.2 Å². The molecule has 0 aliphatic carbocycles. The number of halogens is 2. The minimum atomic E-state index is -4.40. The van der Waals surface area contributed by atoms with Gasteiger partial charge in [-0.2, -0.15) is 0 Å². The number of aliphatic imine (C=N–C) groups is 1. The van der Waals surface area contributed by atoms with Crippen LogP contribution in [0.25, 0.3) is 27.6 Å². The topological polar surface area (TPSA) is 93.5 Å². The molecule has 0 spiro atoms. The number of nitrogens with zero attached hydrogens (tertiary/aromatic N) is 3. The number of pyridine rings is 2. The summed E-state index contributed by atoms with van der Waals surface area (Å²) in [4.78, 5) is 12.3.